The lowest BCUT2D eigenvalue weighted by atomic mass is 10.1. The van der Waals surface area contributed by atoms with Gasteiger partial charge in [0.25, 0.3) is 0 Å². The molecule has 2 aromatic rings. The molecule has 2 heterocycles. The maximum atomic E-state index is 5.37. The minimum atomic E-state index is 0.843. The molecule has 1 aliphatic rings. The van der Waals surface area contributed by atoms with E-state index >= 15 is 0 Å². The summed E-state index contributed by atoms with van der Waals surface area (Å²) in [5.74, 6) is 0.910. The van der Waals surface area contributed by atoms with Crippen LogP contribution < -0.4 is 4.90 Å². The molecular weight excluding hydrogens is 276 g/mol. The predicted octanol–water partition coefficient (Wildman–Crippen LogP) is 1.91. The van der Waals surface area contributed by atoms with Crippen molar-refractivity contribution in [2.75, 3.05) is 51.3 Å². The summed E-state index contributed by atoms with van der Waals surface area (Å²) >= 11 is 0. The lowest BCUT2D eigenvalue weighted by molar-refractivity contribution is 0.0392. The van der Waals surface area contributed by atoms with Crippen molar-refractivity contribution in [2.45, 2.75) is 0 Å². The second kappa shape index (κ2) is 7.33. The molecule has 1 saturated heterocycles. The molecule has 0 aliphatic carbocycles. The highest BCUT2D eigenvalue weighted by molar-refractivity contribution is 5.59. The average Bonchev–Trinajstić information content (AvgIpc) is 2.61. The summed E-state index contributed by atoms with van der Waals surface area (Å²) in [7, 11) is 2.06. The maximum absolute atomic E-state index is 5.37. The summed E-state index contributed by atoms with van der Waals surface area (Å²) in [6, 6.07) is 14.2. The van der Waals surface area contributed by atoms with Crippen molar-refractivity contribution in [1.82, 2.24) is 15.1 Å². The topological polar surface area (TPSA) is 41.5 Å². The highest BCUT2D eigenvalue weighted by Gasteiger charge is 2.11. The van der Waals surface area contributed by atoms with Gasteiger partial charge >= 0.3 is 0 Å². The molecule has 0 radical (unpaired) electrons. The molecule has 1 aromatic heterocycles. The van der Waals surface area contributed by atoms with Crippen molar-refractivity contribution in [3.8, 4) is 11.3 Å². The second-order valence-corrected chi connectivity index (χ2v) is 5.52. The van der Waals surface area contributed by atoms with Crippen molar-refractivity contribution in [2.24, 2.45) is 0 Å². The Hall–Kier alpha value is -1.98. The highest BCUT2D eigenvalue weighted by atomic mass is 16.5. The lowest BCUT2D eigenvalue weighted by Gasteiger charge is -2.28. The Morgan fingerprint density at radius 2 is 1.82 bits per heavy atom. The van der Waals surface area contributed by atoms with Crippen molar-refractivity contribution in [3.63, 3.8) is 0 Å². The minimum Gasteiger partial charge on any atom is -0.379 e. The van der Waals surface area contributed by atoms with Gasteiger partial charge in [0.1, 0.15) is 0 Å². The van der Waals surface area contributed by atoms with Gasteiger partial charge in [0.05, 0.1) is 18.9 Å². The number of rotatable bonds is 5. The number of benzene rings is 1. The molecule has 22 heavy (non-hydrogen) atoms. The fourth-order valence-corrected chi connectivity index (χ4v) is 2.52. The van der Waals surface area contributed by atoms with Gasteiger partial charge in [0.2, 0.25) is 0 Å². The third kappa shape index (κ3) is 3.81. The van der Waals surface area contributed by atoms with Crippen LogP contribution in [0.1, 0.15) is 0 Å². The number of likely N-dealkylation sites (N-methyl/N-ethyl adjacent to an activating group) is 1. The first kappa shape index (κ1) is 14.9. The van der Waals surface area contributed by atoms with E-state index in [0.29, 0.717) is 0 Å². The molecular formula is C17H22N4O. The summed E-state index contributed by atoms with van der Waals surface area (Å²) in [6.07, 6.45) is 0. The Kier molecular flexibility index (Phi) is 4.98. The van der Waals surface area contributed by atoms with Crippen LogP contribution >= 0.6 is 0 Å². The van der Waals surface area contributed by atoms with Crippen LogP contribution in [0.5, 0.6) is 0 Å². The molecule has 0 atom stereocenters. The number of aromatic nitrogens is 2. The molecule has 5 heteroatoms. The zero-order valence-electron chi connectivity index (χ0n) is 13.0. The first-order valence-corrected chi connectivity index (χ1v) is 7.73. The average molecular weight is 298 g/mol. The largest absolute Gasteiger partial charge is 0.379 e. The van der Waals surface area contributed by atoms with Crippen LogP contribution in [0.25, 0.3) is 11.3 Å². The first-order chi connectivity index (χ1) is 10.8. The van der Waals surface area contributed by atoms with Crippen LogP contribution in [-0.2, 0) is 4.74 Å². The van der Waals surface area contributed by atoms with Gasteiger partial charge in [-0.3, -0.25) is 4.90 Å². The van der Waals surface area contributed by atoms with Crippen molar-refractivity contribution in [1.29, 1.82) is 0 Å². The Morgan fingerprint density at radius 1 is 1.05 bits per heavy atom. The molecule has 1 fully saturated rings. The van der Waals surface area contributed by atoms with Gasteiger partial charge in [-0.05, 0) is 12.1 Å². The van der Waals surface area contributed by atoms with Crippen LogP contribution in [0.4, 0.5) is 5.82 Å². The van der Waals surface area contributed by atoms with Gasteiger partial charge in [0.15, 0.2) is 5.82 Å². The van der Waals surface area contributed by atoms with E-state index in [4.69, 9.17) is 4.74 Å². The van der Waals surface area contributed by atoms with Crippen LogP contribution in [0.2, 0.25) is 0 Å². The van der Waals surface area contributed by atoms with E-state index in [1.165, 1.54) is 0 Å². The Balaban J connectivity index is 1.57. The van der Waals surface area contributed by atoms with Crippen LogP contribution in [0.3, 0.4) is 0 Å². The summed E-state index contributed by atoms with van der Waals surface area (Å²) in [6.45, 7) is 5.70. The quantitative estimate of drug-likeness (QED) is 0.843. The number of anilines is 1. The van der Waals surface area contributed by atoms with E-state index in [-0.39, 0.29) is 0 Å². The molecule has 1 aliphatic heterocycles. The molecule has 5 nitrogen and oxygen atoms in total. The first-order valence-electron chi connectivity index (χ1n) is 7.73. The van der Waals surface area contributed by atoms with Crippen molar-refractivity contribution >= 4 is 5.82 Å². The molecule has 0 amide bonds. The number of hydrogen-bond donors (Lipinski definition) is 0. The summed E-state index contributed by atoms with van der Waals surface area (Å²) in [5.41, 5.74) is 2.00. The Labute approximate surface area is 131 Å². The van der Waals surface area contributed by atoms with Gasteiger partial charge in [-0.25, -0.2) is 0 Å². The molecule has 0 saturated carbocycles. The van der Waals surface area contributed by atoms with E-state index < -0.39 is 0 Å². The van der Waals surface area contributed by atoms with Gasteiger partial charge in [0, 0.05) is 38.8 Å². The van der Waals surface area contributed by atoms with E-state index in [0.717, 1.165) is 56.5 Å². The second-order valence-electron chi connectivity index (χ2n) is 5.52. The monoisotopic (exact) mass is 298 g/mol. The zero-order valence-corrected chi connectivity index (χ0v) is 13.0. The number of nitrogens with zero attached hydrogens (tertiary/aromatic N) is 4. The SMILES string of the molecule is CN(CCN1CCOCC1)c1ccc(-c2ccccc2)nn1. The van der Waals surface area contributed by atoms with Crippen LogP contribution in [0, 0.1) is 0 Å². The van der Waals surface area contributed by atoms with E-state index in [2.05, 4.69) is 27.0 Å². The molecule has 3 rings (SSSR count). The lowest BCUT2D eigenvalue weighted by Crippen LogP contribution is -2.40. The molecule has 0 spiro atoms. The molecule has 0 N–H and O–H groups in total. The number of ether oxygens (including phenoxy) is 1. The smallest absolute Gasteiger partial charge is 0.151 e. The fourth-order valence-electron chi connectivity index (χ4n) is 2.52. The minimum absolute atomic E-state index is 0.843. The molecule has 0 unspecified atom stereocenters. The number of hydrogen-bond acceptors (Lipinski definition) is 5. The van der Waals surface area contributed by atoms with Gasteiger partial charge in [-0.2, -0.15) is 0 Å². The number of morpholine rings is 1. The van der Waals surface area contributed by atoms with E-state index in [9.17, 15) is 0 Å². The Morgan fingerprint density at radius 3 is 2.50 bits per heavy atom. The standard InChI is InChI=1S/C17H22N4O/c1-20(9-10-21-11-13-22-14-12-21)17-8-7-16(18-19-17)15-5-3-2-4-6-15/h2-8H,9-14H2,1H3. The third-order valence-electron chi connectivity index (χ3n) is 3.97. The summed E-state index contributed by atoms with van der Waals surface area (Å²) in [5, 5.41) is 8.69. The van der Waals surface area contributed by atoms with E-state index in [1.54, 1.807) is 0 Å². The molecule has 1 aromatic carbocycles. The Bertz CT molecular complexity index is 567. The summed E-state index contributed by atoms with van der Waals surface area (Å²) < 4.78 is 5.37. The normalized spacial score (nSPS) is 15.7. The van der Waals surface area contributed by atoms with Crippen molar-refractivity contribution < 1.29 is 4.74 Å². The molecule has 0 bridgehead atoms. The van der Waals surface area contributed by atoms with Gasteiger partial charge < -0.3 is 9.64 Å². The van der Waals surface area contributed by atoms with Gasteiger partial charge in [-0.1, -0.05) is 30.3 Å². The van der Waals surface area contributed by atoms with Crippen LogP contribution in [-0.4, -0.2) is 61.5 Å². The highest BCUT2D eigenvalue weighted by Crippen LogP contribution is 2.17. The summed E-state index contributed by atoms with van der Waals surface area (Å²) in [4.78, 5) is 4.57. The zero-order chi connectivity index (χ0) is 15.2. The molecule has 116 valence electrons. The third-order valence-corrected chi connectivity index (χ3v) is 3.97. The fraction of sp³-hybridized carbons (Fsp3) is 0.412. The predicted molar refractivity (Wildman–Crippen MR) is 88.0 cm³/mol. The van der Waals surface area contributed by atoms with Gasteiger partial charge in [-0.15, -0.1) is 10.2 Å². The maximum Gasteiger partial charge on any atom is 0.151 e. The van der Waals surface area contributed by atoms with Crippen molar-refractivity contribution in [3.05, 3.63) is 42.5 Å². The van der Waals surface area contributed by atoms with E-state index in [1.807, 2.05) is 42.5 Å². The van der Waals surface area contributed by atoms with Crippen LogP contribution in [0.15, 0.2) is 42.5 Å².